The fourth-order valence-electron chi connectivity index (χ4n) is 2.32. The van der Waals surface area contributed by atoms with Crippen LogP contribution in [0.25, 0.3) is 0 Å². The highest BCUT2D eigenvalue weighted by Gasteiger charge is 2.25. The molecule has 1 atom stereocenters. The van der Waals surface area contributed by atoms with E-state index in [9.17, 15) is 9.59 Å². The minimum absolute atomic E-state index is 0.0259. The van der Waals surface area contributed by atoms with Crippen molar-refractivity contribution in [1.82, 2.24) is 4.90 Å². The van der Waals surface area contributed by atoms with Crippen molar-refractivity contribution in [1.29, 1.82) is 0 Å². The Bertz CT molecular complexity index is 533. The first-order chi connectivity index (χ1) is 10.4. The summed E-state index contributed by atoms with van der Waals surface area (Å²) >= 11 is 5.96. The number of nitrogens with zero attached hydrogens (tertiary/aromatic N) is 1. The van der Waals surface area contributed by atoms with Gasteiger partial charge in [-0.25, -0.2) is 0 Å². The number of carboxylic acid groups (broad SMARTS) is 1. The SMILES string of the molecule is CCN(CCO)CC(CC(=O)O)C(=O)c1ccc(Cl)c(C)c1. The summed E-state index contributed by atoms with van der Waals surface area (Å²) in [4.78, 5) is 25.5. The van der Waals surface area contributed by atoms with Crippen LogP contribution in [-0.2, 0) is 4.79 Å². The van der Waals surface area contributed by atoms with Gasteiger partial charge in [0.1, 0.15) is 0 Å². The van der Waals surface area contributed by atoms with Gasteiger partial charge in [0.25, 0.3) is 0 Å². The third-order valence-electron chi connectivity index (χ3n) is 3.58. The number of hydrogen-bond donors (Lipinski definition) is 2. The number of ketones is 1. The number of carbonyl (C=O) groups is 2. The average molecular weight is 328 g/mol. The number of aryl methyl sites for hydroxylation is 1. The minimum Gasteiger partial charge on any atom is -0.481 e. The maximum atomic E-state index is 12.6. The molecule has 2 N–H and O–H groups in total. The largest absolute Gasteiger partial charge is 0.481 e. The highest BCUT2D eigenvalue weighted by Crippen LogP contribution is 2.20. The zero-order valence-electron chi connectivity index (χ0n) is 12.9. The molecule has 0 amide bonds. The molecule has 1 unspecified atom stereocenters. The number of rotatable bonds is 9. The van der Waals surface area contributed by atoms with Crippen molar-refractivity contribution in [3.63, 3.8) is 0 Å². The van der Waals surface area contributed by atoms with Gasteiger partial charge in [0, 0.05) is 29.6 Å². The Morgan fingerprint density at radius 1 is 1.36 bits per heavy atom. The second kappa shape index (κ2) is 8.88. The fourth-order valence-corrected chi connectivity index (χ4v) is 2.43. The summed E-state index contributed by atoms with van der Waals surface area (Å²) in [6.45, 7) is 5.05. The molecule has 6 heteroatoms. The van der Waals surface area contributed by atoms with Crippen LogP contribution in [0, 0.1) is 12.8 Å². The van der Waals surface area contributed by atoms with Gasteiger partial charge >= 0.3 is 5.97 Å². The molecule has 1 aromatic carbocycles. The molecule has 0 aliphatic carbocycles. The molecule has 0 saturated carbocycles. The number of carboxylic acids is 1. The number of hydrogen-bond acceptors (Lipinski definition) is 4. The number of likely N-dealkylation sites (N-methyl/N-ethyl adjacent to an activating group) is 1. The number of Topliss-reactive ketones (excluding diaryl/α,β-unsaturated/α-hetero) is 1. The zero-order chi connectivity index (χ0) is 16.7. The van der Waals surface area contributed by atoms with Gasteiger partial charge in [0.2, 0.25) is 0 Å². The van der Waals surface area contributed by atoms with Crippen molar-refractivity contribution >= 4 is 23.4 Å². The molecule has 0 aliphatic heterocycles. The van der Waals surface area contributed by atoms with Crippen LogP contribution in [0.15, 0.2) is 18.2 Å². The quantitative estimate of drug-likeness (QED) is 0.680. The van der Waals surface area contributed by atoms with Gasteiger partial charge in [-0.2, -0.15) is 0 Å². The van der Waals surface area contributed by atoms with Crippen LogP contribution in [-0.4, -0.2) is 53.1 Å². The van der Waals surface area contributed by atoms with Crippen LogP contribution >= 0.6 is 11.6 Å². The monoisotopic (exact) mass is 327 g/mol. The molecule has 122 valence electrons. The summed E-state index contributed by atoms with van der Waals surface area (Å²) in [5.41, 5.74) is 1.25. The molecule has 0 aliphatic rings. The van der Waals surface area contributed by atoms with Gasteiger partial charge in [-0.05, 0) is 37.2 Å². The van der Waals surface area contributed by atoms with E-state index in [0.29, 0.717) is 30.2 Å². The summed E-state index contributed by atoms with van der Waals surface area (Å²) in [7, 11) is 0. The predicted molar refractivity (Wildman–Crippen MR) is 85.5 cm³/mol. The molecule has 1 aromatic rings. The lowest BCUT2D eigenvalue weighted by Gasteiger charge is -2.24. The lowest BCUT2D eigenvalue weighted by Crippen LogP contribution is -2.36. The lowest BCUT2D eigenvalue weighted by atomic mass is 9.93. The van der Waals surface area contributed by atoms with Crippen molar-refractivity contribution < 1.29 is 19.8 Å². The van der Waals surface area contributed by atoms with Gasteiger partial charge in [0.15, 0.2) is 5.78 Å². The summed E-state index contributed by atoms with van der Waals surface area (Å²) in [6.07, 6.45) is -0.234. The molecule has 0 aromatic heterocycles. The Kier molecular flexibility index (Phi) is 7.51. The lowest BCUT2D eigenvalue weighted by molar-refractivity contribution is -0.137. The Morgan fingerprint density at radius 3 is 2.55 bits per heavy atom. The van der Waals surface area contributed by atoms with Crippen molar-refractivity contribution in [3.05, 3.63) is 34.3 Å². The van der Waals surface area contributed by atoms with E-state index in [0.717, 1.165) is 5.56 Å². The topological polar surface area (TPSA) is 77.8 Å². The molecule has 0 fully saturated rings. The van der Waals surface area contributed by atoms with Gasteiger partial charge in [-0.3, -0.25) is 9.59 Å². The average Bonchev–Trinajstić information content (AvgIpc) is 2.47. The first-order valence-electron chi connectivity index (χ1n) is 7.24. The number of halogens is 1. The normalized spacial score (nSPS) is 12.4. The molecule has 5 nitrogen and oxygen atoms in total. The van der Waals surface area contributed by atoms with E-state index < -0.39 is 11.9 Å². The first kappa shape index (κ1) is 18.6. The van der Waals surface area contributed by atoms with Crippen molar-refractivity contribution in [2.75, 3.05) is 26.2 Å². The zero-order valence-corrected chi connectivity index (χ0v) is 13.6. The summed E-state index contributed by atoms with van der Waals surface area (Å²) in [6, 6.07) is 4.95. The van der Waals surface area contributed by atoms with Crippen molar-refractivity contribution in [2.45, 2.75) is 20.3 Å². The highest BCUT2D eigenvalue weighted by atomic mass is 35.5. The highest BCUT2D eigenvalue weighted by molar-refractivity contribution is 6.31. The number of aliphatic hydroxyl groups is 1. The second-order valence-corrected chi connectivity index (χ2v) is 5.65. The maximum Gasteiger partial charge on any atom is 0.304 e. The van der Waals surface area contributed by atoms with Crippen LogP contribution in [0.4, 0.5) is 0 Å². The molecule has 0 bridgehead atoms. The Hall–Kier alpha value is -1.43. The van der Waals surface area contributed by atoms with Gasteiger partial charge in [0.05, 0.1) is 13.0 Å². The van der Waals surface area contributed by atoms with Crippen LogP contribution in [0.3, 0.4) is 0 Å². The van der Waals surface area contributed by atoms with E-state index in [1.807, 2.05) is 11.8 Å². The smallest absolute Gasteiger partial charge is 0.304 e. The maximum absolute atomic E-state index is 12.6. The van der Waals surface area contributed by atoms with Crippen LogP contribution in [0.2, 0.25) is 5.02 Å². The third kappa shape index (κ3) is 5.40. The molecule has 1 rings (SSSR count). The van der Waals surface area contributed by atoms with Crippen LogP contribution in [0.5, 0.6) is 0 Å². The molecular formula is C16H22ClNO4. The van der Waals surface area contributed by atoms with Gasteiger partial charge in [-0.1, -0.05) is 18.5 Å². The third-order valence-corrected chi connectivity index (χ3v) is 4.00. The minimum atomic E-state index is -1.01. The Morgan fingerprint density at radius 2 is 2.05 bits per heavy atom. The number of aliphatic carboxylic acids is 1. The number of aliphatic hydroxyl groups excluding tert-OH is 1. The summed E-state index contributed by atoms with van der Waals surface area (Å²) in [5, 5.41) is 18.7. The molecule has 0 radical (unpaired) electrons. The first-order valence-corrected chi connectivity index (χ1v) is 7.62. The van der Waals surface area contributed by atoms with Crippen LogP contribution in [0.1, 0.15) is 29.3 Å². The molecule has 0 heterocycles. The van der Waals surface area contributed by atoms with Crippen molar-refractivity contribution in [2.24, 2.45) is 5.92 Å². The second-order valence-electron chi connectivity index (χ2n) is 5.24. The van der Waals surface area contributed by atoms with E-state index in [1.165, 1.54) is 0 Å². The number of benzene rings is 1. The summed E-state index contributed by atoms with van der Waals surface area (Å²) < 4.78 is 0. The van der Waals surface area contributed by atoms with E-state index in [-0.39, 0.29) is 18.8 Å². The van der Waals surface area contributed by atoms with E-state index >= 15 is 0 Å². The molecule has 0 spiro atoms. The Labute approximate surface area is 135 Å². The number of carbonyl (C=O) groups excluding carboxylic acids is 1. The van der Waals surface area contributed by atoms with Crippen LogP contribution < -0.4 is 0 Å². The molecule has 22 heavy (non-hydrogen) atoms. The van der Waals surface area contributed by atoms with Gasteiger partial charge < -0.3 is 15.1 Å². The fraction of sp³-hybridized carbons (Fsp3) is 0.500. The van der Waals surface area contributed by atoms with E-state index in [1.54, 1.807) is 25.1 Å². The van der Waals surface area contributed by atoms with Gasteiger partial charge in [-0.15, -0.1) is 0 Å². The summed E-state index contributed by atoms with van der Waals surface area (Å²) in [5.74, 6) is -1.87. The van der Waals surface area contributed by atoms with E-state index in [2.05, 4.69) is 0 Å². The predicted octanol–water partition coefficient (Wildman–Crippen LogP) is 2.24. The van der Waals surface area contributed by atoms with Crippen molar-refractivity contribution in [3.8, 4) is 0 Å². The molecule has 0 saturated heterocycles. The van der Waals surface area contributed by atoms with E-state index in [4.69, 9.17) is 21.8 Å². The standard InChI is InChI=1S/C16H22ClNO4/c1-3-18(6-7-19)10-13(9-15(20)21)16(22)12-4-5-14(17)11(2)8-12/h4-5,8,13,19H,3,6-7,9-10H2,1-2H3,(H,20,21). The Balaban J connectivity index is 2.96. The molecular weight excluding hydrogens is 306 g/mol.